The third kappa shape index (κ3) is 12.7. The molecule has 0 bridgehead atoms. The van der Waals surface area contributed by atoms with E-state index in [4.69, 9.17) is 4.74 Å². The summed E-state index contributed by atoms with van der Waals surface area (Å²) >= 11 is 3.52. The van der Waals surface area contributed by atoms with Gasteiger partial charge in [0.1, 0.15) is 17.7 Å². The van der Waals surface area contributed by atoms with Crippen LogP contribution in [0.25, 0.3) is 0 Å². The monoisotopic (exact) mass is 841 g/mol. The molecule has 1 aromatic rings. The summed E-state index contributed by atoms with van der Waals surface area (Å²) in [5.74, 6) is -2.13. The second kappa shape index (κ2) is 21.1. The maximum Gasteiger partial charge on any atom is 0.333 e. The summed E-state index contributed by atoms with van der Waals surface area (Å²) in [5, 5.41) is 10.9. The van der Waals surface area contributed by atoms with Gasteiger partial charge >= 0.3 is 5.97 Å². The van der Waals surface area contributed by atoms with Crippen molar-refractivity contribution in [3.8, 4) is 0 Å². The zero-order valence-corrected chi connectivity index (χ0v) is 36.2. The van der Waals surface area contributed by atoms with Crippen molar-refractivity contribution in [2.45, 2.75) is 151 Å². The zero-order valence-electron chi connectivity index (χ0n) is 34.6. The van der Waals surface area contributed by atoms with E-state index in [1.54, 1.807) is 79.5 Å². The van der Waals surface area contributed by atoms with Crippen molar-refractivity contribution in [2.75, 3.05) is 24.6 Å². The second-order valence-corrected chi connectivity index (χ2v) is 20.5. The molecule has 4 N–H and O–H groups in total. The molecule has 1 aromatic carbocycles. The molecule has 5 rings (SSSR count). The van der Waals surface area contributed by atoms with E-state index in [2.05, 4.69) is 21.3 Å². The van der Waals surface area contributed by atoms with Gasteiger partial charge in [-0.15, -0.1) is 23.5 Å². The van der Waals surface area contributed by atoms with Crippen molar-refractivity contribution in [3.05, 3.63) is 35.9 Å². The standard InChI is InChI=1S/C43H63N5O8S2/c1-5-15-31(37(51)39(53)44-26-34(50)47-36(30-20-10-7-11-21-30)41(55)56-42(2,3)4)45-38(52)32-25-43(57-22-14-23-58-43)27-48(32)40(54)35(29-18-8-6-9-19-29)46-33(49)24-28-16-12-13-17-28/h7,10-11,20-21,28-29,31-32,35-36H,5-6,8-9,12-19,22-27H2,1-4H3,(H,44,53)(H,45,52)(H,46,49)(H,47,50). The van der Waals surface area contributed by atoms with E-state index in [1.807, 2.05) is 6.92 Å². The molecule has 4 aliphatic rings. The Morgan fingerprint density at radius 3 is 2.14 bits per heavy atom. The molecule has 320 valence electrons. The highest BCUT2D eigenvalue weighted by Crippen LogP contribution is 2.50. The summed E-state index contributed by atoms with van der Waals surface area (Å²) in [7, 11) is 0. The number of esters is 1. The van der Waals surface area contributed by atoms with Crippen molar-refractivity contribution >= 4 is 64.8 Å². The van der Waals surface area contributed by atoms with Crippen LogP contribution in [-0.4, -0.2) is 98.6 Å². The smallest absolute Gasteiger partial charge is 0.333 e. The van der Waals surface area contributed by atoms with Crippen LogP contribution in [0.2, 0.25) is 0 Å². The molecule has 2 aliphatic heterocycles. The minimum atomic E-state index is -1.19. The lowest BCUT2D eigenvalue weighted by molar-refractivity contribution is -0.158. The van der Waals surface area contributed by atoms with Crippen molar-refractivity contribution in [2.24, 2.45) is 11.8 Å². The summed E-state index contributed by atoms with van der Waals surface area (Å²) in [6.45, 7) is 6.72. The van der Waals surface area contributed by atoms with Crippen LogP contribution in [-0.2, 0) is 38.3 Å². The van der Waals surface area contributed by atoms with Gasteiger partial charge < -0.3 is 30.9 Å². The first-order valence-corrected chi connectivity index (χ1v) is 23.2. The number of nitrogens with zero attached hydrogens (tertiary/aromatic N) is 1. The van der Waals surface area contributed by atoms with Gasteiger partial charge in [0.25, 0.3) is 5.91 Å². The van der Waals surface area contributed by atoms with E-state index in [1.165, 1.54) is 0 Å². The Bertz CT molecular complexity index is 1620. The van der Waals surface area contributed by atoms with Gasteiger partial charge in [-0.05, 0) is 88.2 Å². The Balaban J connectivity index is 1.27. The molecule has 1 spiro atoms. The number of carbonyl (C=O) groups excluding carboxylic acids is 7. The number of Topliss-reactive ketones (excluding diaryl/α,β-unsaturated/α-hetero) is 1. The summed E-state index contributed by atoms with van der Waals surface area (Å²) < 4.78 is 5.12. The molecule has 0 radical (unpaired) electrons. The fourth-order valence-electron chi connectivity index (χ4n) is 8.60. The third-order valence-corrected chi connectivity index (χ3v) is 14.8. The molecule has 58 heavy (non-hydrogen) atoms. The number of hydrogen-bond donors (Lipinski definition) is 4. The Morgan fingerprint density at radius 2 is 1.50 bits per heavy atom. The van der Waals surface area contributed by atoms with Crippen LogP contribution in [0.3, 0.4) is 0 Å². The van der Waals surface area contributed by atoms with Crippen molar-refractivity contribution in [3.63, 3.8) is 0 Å². The Morgan fingerprint density at radius 1 is 0.845 bits per heavy atom. The number of nitrogens with one attached hydrogen (secondary N) is 4. The summed E-state index contributed by atoms with van der Waals surface area (Å²) in [5.41, 5.74) is -0.325. The second-order valence-electron chi connectivity index (χ2n) is 17.3. The van der Waals surface area contributed by atoms with E-state index in [0.717, 1.165) is 75.7 Å². The number of ether oxygens (including phenoxy) is 1. The number of carbonyl (C=O) groups is 7. The first-order chi connectivity index (χ1) is 27.7. The van der Waals surface area contributed by atoms with Gasteiger partial charge in [0.15, 0.2) is 6.04 Å². The van der Waals surface area contributed by atoms with Gasteiger partial charge in [-0.25, -0.2) is 4.79 Å². The Hall–Kier alpha value is -3.59. The summed E-state index contributed by atoms with van der Waals surface area (Å²) in [4.78, 5) is 97.1. The highest BCUT2D eigenvalue weighted by atomic mass is 32.2. The van der Waals surface area contributed by atoms with Crippen molar-refractivity contribution in [1.29, 1.82) is 0 Å². The van der Waals surface area contributed by atoms with E-state index in [0.29, 0.717) is 37.3 Å². The number of amides is 5. The molecule has 2 heterocycles. The zero-order chi connectivity index (χ0) is 41.9. The fraction of sp³-hybridized carbons (Fsp3) is 0.698. The van der Waals surface area contributed by atoms with E-state index >= 15 is 0 Å². The molecule has 5 amide bonds. The fourth-order valence-corrected chi connectivity index (χ4v) is 11.9. The number of thioether (sulfide) groups is 2. The molecular formula is C43H63N5O8S2. The van der Waals surface area contributed by atoms with Gasteiger partial charge in [-0.3, -0.25) is 28.8 Å². The molecule has 4 unspecified atom stereocenters. The van der Waals surface area contributed by atoms with Gasteiger partial charge in [0.05, 0.1) is 16.7 Å². The van der Waals surface area contributed by atoms with Crippen molar-refractivity contribution < 1.29 is 38.3 Å². The lowest BCUT2D eigenvalue weighted by atomic mass is 9.83. The molecule has 2 saturated heterocycles. The van der Waals surface area contributed by atoms with Crippen LogP contribution >= 0.6 is 23.5 Å². The average molecular weight is 842 g/mol. The third-order valence-electron chi connectivity index (χ3n) is 11.5. The minimum absolute atomic E-state index is 0.0249. The van der Waals surface area contributed by atoms with E-state index in [-0.39, 0.29) is 24.2 Å². The summed E-state index contributed by atoms with van der Waals surface area (Å²) in [6, 6.07) is 4.59. The predicted molar refractivity (Wildman–Crippen MR) is 225 cm³/mol. The molecule has 4 atom stereocenters. The van der Waals surface area contributed by atoms with Crippen molar-refractivity contribution in [1.82, 2.24) is 26.2 Å². The molecule has 0 aromatic heterocycles. The number of hydrogen-bond acceptors (Lipinski definition) is 10. The van der Waals surface area contributed by atoms with Crippen LogP contribution in [0, 0.1) is 11.8 Å². The first kappa shape index (κ1) is 45.5. The number of benzene rings is 1. The topological polar surface area (TPSA) is 180 Å². The molecule has 2 aliphatic carbocycles. The van der Waals surface area contributed by atoms with Gasteiger partial charge in [0, 0.05) is 19.4 Å². The van der Waals surface area contributed by atoms with Gasteiger partial charge in [0.2, 0.25) is 29.4 Å². The molecule has 13 nitrogen and oxygen atoms in total. The van der Waals surface area contributed by atoms with Gasteiger partial charge in [-0.1, -0.05) is 75.8 Å². The van der Waals surface area contributed by atoms with E-state index < -0.39 is 69.9 Å². The largest absolute Gasteiger partial charge is 0.458 e. The Kier molecular flexibility index (Phi) is 16.5. The molecular weight excluding hydrogens is 779 g/mol. The van der Waals surface area contributed by atoms with Crippen LogP contribution in [0.5, 0.6) is 0 Å². The van der Waals surface area contributed by atoms with Gasteiger partial charge in [-0.2, -0.15) is 0 Å². The van der Waals surface area contributed by atoms with Crippen LogP contribution in [0.4, 0.5) is 0 Å². The predicted octanol–water partition coefficient (Wildman–Crippen LogP) is 4.97. The van der Waals surface area contributed by atoms with Crippen LogP contribution in [0.1, 0.15) is 129 Å². The first-order valence-electron chi connectivity index (χ1n) is 21.3. The normalized spacial score (nSPS) is 21.4. The highest BCUT2D eigenvalue weighted by Gasteiger charge is 2.52. The maximum atomic E-state index is 14.8. The molecule has 2 saturated carbocycles. The number of ketones is 1. The number of rotatable bonds is 16. The lowest BCUT2D eigenvalue weighted by Crippen LogP contribution is -2.58. The lowest BCUT2D eigenvalue weighted by Gasteiger charge is -2.36. The molecule has 4 fully saturated rings. The summed E-state index contributed by atoms with van der Waals surface area (Å²) in [6.07, 6.45) is 11.4. The van der Waals surface area contributed by atoms with E-state index in [9.17, 15) is 33.6 Å². The molecule has 15 heteroatoms. The highest BCUT2D eigenvalue weighted by molar-refractivity contribution is 8.18. The minimum Gasteiger partial charge on any atom is -0.458 e. The Labute approximate surface area is 351 Å². The maximum absolute atomic E-state index is 14.8. The van der Waals surface area contributed by atoms with Crippen LogP contribution < -0.4 is 21.3 Å². The average Bonchev–Trinajstić information content (AvgIpc) is 3.85. The van der Waals surface area contributed by atoms with Crippen LogP contribution in [0.15, 0.2) is 30.3 Å². The number of likely N-dealkylation sites (tertiary alicyclic amines) is 1. The quantitative estimate of drug-likeness (QED) is 0.131. The SMILES string of the molecule is CCCC(NC(=O)C1CC2(CN1C(=O)C(NC(=O)CC1CCCC1)C1CCCCC1)SCCCS2)C(=O)C(=O)NCC(=O)NC(C(=O)OC(C)(C)C)c1ccccc1.